The van der Waals surface area contributed by atoms with Crippen LogP contribution in [-0.4, -0.2) is 24.6 Å². The number of ether oxygens (including phenoxy) is 2. The third-order valence-electron chi connectivity index (χ3n) is 3.11. The first-order valence-corrected chi connectivity index (χ1v) is 6.75. The van der Waals surface area contributed by atoms with Crippen molar-refractivity contribution in [1.29, 1.82) is 0 Å². The highest BCUT2D eigenvalue weighted by Crippen LogP contribution is 2.43. The molecule has 3 nitrogen and oxygen atoms in total. The number of rotatable bonds is 2. The molecule has 1 aliphatic heterocycles. The van der Waals surface area contributed by atoms with Crippen LogP contribution >= 0.6 is 11.8 Å². The van der Waals surface area contributed by atoms with Crippen LogP contribution in [0.1, 0.15) is 30.6 Å². The Morgan fingerprint density at radius 3 is 2.53 bits per heavy atom. The average molecular weight is 254 g/mol. The number of fused-ring (bicyclic) bond motifs is 1. The van der Waals surface area contributed by atoms with Gasteiger partial charge >= 0.3 is 0 Å². The molecule has 0 saturated heterocycles. The van der Waals surface area contributed by atoms with Crippen molar-refractivity contribution < 1.29 is 14.6 Å². The molecule has 0 amide bonds. The van der Waals surface area contributed by atoms with Crippen LogP contribution in [-0.2, 0) is 5.75 Å². The molecule has 0 fully saturated rings. The van der Waals surface area contributed by atoms with E-state index in [1.807, 2.05) is 23.9 Å². The van der Waals surface area contributed by atoms with Gasteiger partial charge in [-0.3, -0.25) is 0 Å². The maximum Gasteiger partial charge on any atom is 0.125 e. The maximum absolute atomic E-state index is 10.3. The average Bonchev–Trinajstić information content (AvgIpc) is 2.48. The van der Waals surface area contributed by atoms with E-state index in [0.717, 1.165) is 34.8 Å². The Morgan fingerprint density at radius 2 is 1.88 bits per heavy atom. The molecule has 0 radical (unpaired) electrons. The van der Waals surface area contributed by atoms with Gasteiger partial charge in [0.05, 0.1) is 20.3 Å². The summed E-state index contributed by atoms with van der Waals surface area (Å²) in [6, 6.07) is 3.77. The zero-order chi connectivity index (χ0) is 12.4. The van der Waals surface area contributed by atoms with Crippen LogP contribution in [0.15, 0.2) is 12.1 Å². The molecule has 1 aromatic rings. The first-order valence-electron chi connectivity index (χ1n) is 5.70. The molecule has 1 heterocycles. The molecule has 0 spiro atoms. The van der Waals surface area contributed by atoms with Gasteiger partial charge < -0.3 is 14.6 Å². The van der Waals surface area contributed by atoms with Crippen LogP contribution < -0.4 is 9.47 Å². The Balaban J connectivity index is 2.54. The monoisotopic (exact) mass is 254 g/mol. The van der Waals surface area contributed by atoms with Gasteiger partial charge in [-0.25, -0.2) is 0 Å². The summed E-state index contributed by atoms with van der Waals surface area (Å²) >= 11 is 1.84. The first-order chi connectivity index (χ1) is 8.17. The van der Waals surface area contributed by atoms with Gasteiger partial charge in [0.15, 0.2) is 0 Å². The lowest BCUT2D eigenvalue weighted by Crippen LogP contribution is -2.06. The molecule has 0 aliphatic carbocycles. The molecule has 0 saturated carbocycles. The number of hydrogen-bond acceptors (Lipinski definition) is 4. The third-order valence-corrected chi connectivity index (χ3v) is 4.33. The van der Waals surface area contributed by atoms with E-state index < -0.39 is 6.10 Å². The number of aliphatic hydroxyl groups excluding tert-OH is 1. The minimum absolute atomic E-state index is 0.437. The number of methoxy groups -OCH3 is 2. The molecule has 2 rings (SSSR count). The molecule has 0 aromatic heterocycles. The molecule has 94 valence electrons. The Bertz CT molecular complexity index is 406. The van der Waals surface area contributed by atoms with E-state index in [-0.39, 0.29) is 0 Å². The van der Waals surface area contributed by atoms with Crippen molar-refractivity contribution in [3.63, 3.8) is 0 Å². The predicted molar refractivity (Wildman–Crippen MR) is 69.9 cm³/mol. The molecule has 1 aliphatic rings. The van der Waals surface area contributed by atoms with Crippen molar-refractivity contribution in [1.82, 2.24) is 0 Å². The van der Waals surface area contributed by atoms with E-state index in [9.17, 15) is 5.11 Å². The van der Waals surface area contributed by atoms with Gasteiger partial charge in [-0.05, 0) is 18.6 Å². The summed E-state index contributed by atoms with van der Waals surface area (Å²) in [5.74, 6) is 2.44. The van der Waals surface area contributed by atoms with E-state index >= 15 is 0 Å². The summed E-state index contributed by atoms with van der Waals surface area (Å²) in [4.78, 5) is 0. The molecule has 1 aromatic carbocycles. The number of aliphatic hydroxyl groups is 1. The van der Waals surface area contributed by atoms with Gasteiger partial charge in [-0.15, -0.1) is 0 Å². The summed E-state index contributed by atoms with van der Waals surface area (Å²) < 4.78 is 10.7. The number of thioether (sulfide) groups is 1. The quantitative estimate of drug-likeness (QED) is 0.880. The van der Waals surface area contributed by atoms with Crippen molar-refractivity contribution in [3.8, 4) is 11.5 Å². The predicted octanol–water partition coefficient (Wildman–Crippen LogP) is 2.76. The molecule has 0 bridgehead atoms. The second kappa shape index (κ2) is 5.19. The largest absolute Gasteiger partial charge is 0.496 e. The zero-order valence-corrected chi connectivity index (χ0v) is 11.2. The first kappa shape index (κ1) is 12.6. The van der Waals surface area contributed by atoms with Gasteiger partial charge in [0.25, 0.3) is 0 Å². The Morgan fingerprint density at radius 1 is 1.24 bits per heavy atom. The van der Waals surface area contributed by atoms with E-state index in [1.165, 1.54) is 0 Å². The van der Waals surface area contributed by atoms with Crippen molar-refractivity contribution in [2.45, 2.75) is 30.5 Å². The summed E-state index contributed by atoms with van der Waals surface area (Å²) in [6.45, 7) is 2.14. The molecule has 4 heteroatoms. The topological polar surface area (TPSA) is 38.7 Å². The van der Waals surface area contributed by atoms with Crippen LogP contribution in [0.25, 0.3) is 0 Å². The van der Waals surface area contributed by atoms with Crippen molar-refractivity contribution in [2.75, 3.05) is 14.2 Å². The van der Waals surface area contributed by atoms with Crippen molar-refractivity contribution in [3.05, 3.63) is 23.3 Å². The Kier molecular flexibility index (Phi) is 3.84. The van der Waals surface area contributed by atoms with Crippen molar-refractivity contribution in [2.24, 2.45) is 0 Å². The highest BCUT2D eigenvalue weighted by atomic mass is 32.2. The fourth-order valence-corrected chi connectivity index (χ4v) is 3.30. The number of hydrogen-bond donors (Lipinski definition) is 1. The maximum atomic E-state index is 10.3. The second-order valence-corrected chi connectivity index (χ2v) is 5.66. The minimum Gasteiger partial charge on any atom is -0.496 e. The summed E-state index contributed by atoms with van der Waals surface area (Å²) in [5, 5.41) is 10.7. The fourth-order valence-electron chi connectivity index (χ4n) is 2.23. The number of benzene rings is 1. The highest BCUT2D eigenvalue weighted by Gasteiger charge is 2.26. The van der Waals surface area contributed by atoms with Crippen LogP contribution in [0.5, 0.6) is 11.5 Å². The Hall–Kier alpha value is -0.870. The SMILES string of the molecule is COc1ccc(OC)c2c1CSC(C)C[C@H]2O. The smallest absolute Gasteiger partial charge is 0.125 e. The van der Waals surface area contributed by atoms with Crippen molar-refractivity contribution >= 4 is 11.8 Å². The van der Waals surface area contributed by atoms with E-state index in [1.54, 1.807) is 14.2 Å². The molecule has 1 unspecified atom stereocenters. The molecule has 17 heavy (non-hydrogen) atoms. The molecule has 1 N–H and O–H groups in total. The lowest BCUT2D eigenvalue weighted by Gasteiger charge is -2.18. The Labute approximate surface area is 106 Å². The third kappa shape index (κ3) is 2.38. The second-order valence-electron chi connectivity index (χ2n) is 4.24. The summed E-state index contributed by atoms with van der Waals surface area (Å²) in [7, 11) is 3.30. The van der Waals surface area contributed by atoms with Gasteiger partial charge in [0.2, 0.25) is 0 Å². The van der Waals surface area contributed by atoms with Crippen LogP contribution in [0.3, 0.4) is 0 Å². The summed E-state index contributed by atoms with van der Waals surface area (Å²) in [6.07, 6.45) is 0.279. The van der Waals surface area contributed by atoms with Crippen LogP contribution in [0, 0.1) is 0 Å². The lowest BCUT2D eigenvalue weighted by atomic mass is 9.98. The zero-order valence-electron chi connectivity index (χ0n) is 10.4. The van der Waals surface area contributed by atoms with E-state index in [4.69, 9.17) is 9.47 Å². The van der Waals surface area contributed by atoms with Gasteiger partial charge in [-0.2, -0.15) is 11.8 Å². The van der Waals surface area contributed by atoms with E-state index in [2.05, 4.69) is 6.92 Å². The van der Waals surface area contributed by atoms with Crippen LogP contribution in [0.2, 0.25) is 0 Å². The van der Waals surface area contributed by atoms with Crippen LogP contribution in [0.4, 0.5) is 0 Å². The van der Waals surface area contributed by atoms with E-state index in [0.29, 0.717) is 5.25 Å². The molecule has 2 atom stereocenters. The highest BCUT2D eigenvalue weighted by molar-refractivity contribution is 7.99. The molecular weight excluding hydrogens is 236 g/mol. The molecular formula is C13H18O3S. The van der Waals surface area contributed by atoms with Gasteiger partial charge in [-0.1, -0.05) is 6.92 Å². The summed E-state index contributed by atoms with van der Waals surface area (Å²) in [5.41, 5.74) is 1.96. The normalized spacial score (nSPS) is 23.8. The fraction of sp³-hybridized carbons (Fsp3) is 0.538. The van der Waals surface area contributed by atoms with Gasteiger partial charge in [0, 0.05) is 22.1 Å². The standard InChI is InChI=1S/C13H18O3S/c1-8-6-10(14)13-9(7-17-8)11(15-2)4-5-12(13)16-3/h4-5,8,10,14H,6-7H2,1-3H3/t8?,10-/m1/s1. The minimum atomic E-state index is -0.472. The van der Waals surface area contributed by atoms with Gasteiger partial charge in [0.1, 0.15) is 11.5 Å². The lowest BCUT2D eigenvalue weighted by molar-refractivity contribution is 0.163.